The molecule has 0 bridgehead atoms. The second-order valence-electron chi connectivity index (χ2n) is 15.5. The molecule has 1 saturated heterocycles. The van der Waals surface area contributed by atoms with Crippen LogP contribution in [-0.4, -0.2) is 84.5 Å². The summed E-state index contributed by atoms with van der Waals surface area (Å²) < 4.78 is 33.5. The Morgan fingerprint density at radius 1 is 1.00 bits per heavy atom. The summed E-state index contributed by atoms with van der Waals surface area (Å²) in [5.74, 6) is -1.92. The van der Waals surface area contributed by atoms with Crippen LogP contribution in [0, 0.1) is 11.8 Å². The molecule has 14 heteroatoms. The molecule has 13 nitrogen and oxygen atoms in total. The van der Waals surface area contributed by atoms with Gasteiger partial charge >= 0.3 is 6.09 Å². The van der Waals surface area contributed by atoms with E-state index in [1.54, 1.807) is 0 Å². The van der Waals surface area contributed by atoms with E-state index in [0.29, 0.717) is 38.5 Å². The van der Waals surface area contributed by atoms with Crippen LogP contribution in [0.2, 0.25) is 0 Å². The zero-order chi connectivity index (χ0) is 36.9. The number of hydrogen-bond donors (Lipinski definition) is 3. The minimum atomic E-state index is -3.87. The van der Waals surface area contributed by atoms with Gasteiger partial charge in [-0.05, 0) is 82.1 Å². The lowest BCUT2D eigenvalue weighted by molar-refractivity contribution is -0.141. The summed E-state index contributed by atoms with van der Waals surface area (Å²) in [5.41, 5.74) is 0.178. The number of alkyl carbamates (subject to hydrolysis) is 1. The minimum absolute atomic E-state index is 0.0264. The van der Waals surface area contributed by atoms with Gasteiger partial charge in [-0.1, -0.05) is 74.3 Å². The third kappa shape index (κ3) is 9.34. The van der Waals surface area contributed by atoms with E-state index in [9.17, 15) is 27.6 Å². The monoisotopic (exact) mass is 739 g/mol. The lowest BCUT2D eigenvalue weighted by Gasteiger charge is -2.30. The first kappa shape index (κ1) is 37.8. The van der Waals surface area contributed by atoms with E-state index in [0.717, 1.165) is 49.8 Å². The highest BCUT2D eigenvalue weighted by Gasteiger charge is 2.62. The van der Waals surface area contributed by atoms with Crippen LogP contribution in [0.4, 0.5) is 4.79 Å². The van der Waals surface area contributed by atoms with Crippen LogP contribution < -0.4 is 15.4 Å². The Balaban J connectivity index is 1.27. The van der Waals surface area contributed by atoms with Gasteiger partial charge in [-0.15, -0.1) is 0 Å². The average Bonchev–Trinajstić information content (AvgIpc) is 3.98. The number of nitrogens with zero attached hydrogens (tertiary/aromatic N) is 2. The second kappa shape index (κ2) is 16.4. The quantitative estimate of drug-likeness (QED) is 0.179. The topological polar surface area (TPSA) is 173 Å². The van der Waals surface area contributed by atoms with E-state index in [-0.39, 0.29) is 31.4 Å². The number of nitrogens with one attached hydrogen (secondary N) is 3. The molecule has 5 aliphatic rings. The van der Waals surface area contributed by atoms with Gasteiger partial charge in [0, 0.05) is 12.3 Å². The van der Waals surface area contributed by atoms with Crippen molar-refractivity contribution in [3.63, 3.8) is 0 Å². The SMILES string of the molecule is CC(C)C/C(=N\O[C@@H]1C[C@H]2C(=O)NC3(C(=O)NS(=O)(=O)C4CC4)C[C@H]3/C=C\CCCCC[C@H](NC(=O)OC3CCCC3)C(=O)N2C1)c1ccccc1. The average molecular weight is 740 g/mol. The highest BCUT2D eigenvalue weighted by molar-refractivity contribution is 7.91. The predicted octanol–water partition coefficient (Wildman–Crippen LogP) is 4.46. The standard InChI is InChI=1S/C38H53N5O8S/c1-25(2)21-32(26-13-7-6-8-14-26)41-51-29-22-33-34(44)40-38(36(46)42-52(48,49)30-19-20-30)23-27(38)15-9-4-3-5-10-18-31(35(45)43(33)24-29)39-37(47)50-28-16-11-12-17-28/h6-9,13-15,25,27-31,33H,3-5,10-12,16-24H2,1-2H3,(H,39,47)(H,40,44)(H,42,46)/b15-9-,41-32+/t27-,29-,31+,33+,38?/m1/s1. The van der Waals surface area contributed by atoms with Crippen LogP contribution in [0.15, 0.2) is 47.6 Å². The van der Waals surface area contributed by atoms with Crippen molar-refractivity contribution in [1.29, 1.82) is 0 Å². The summed E-state index contributed by atoms with van der Waals surface area (Å²) in [5, 5.41) is 9.63. The Labute approximate surface area is 306 Å². The second-order valence-corrected chi connectivity index (χ2v) is 17.5. The summed E-state index contributed by atoms with van der Waals surface area (Å²) in [6, 6.07) is 7.68. The highest BCUT2D eigenvalue weighted by Crippen LogP contribution is 2.46. The maximum absolute atomic E-state index is 14.4. The molecule has 1 aromatic carbocycles. The van der Waals surface area contributed by atoms with Gasteiger partial charge in [0.1, 0.15) is 29.8 Å². The molecule has 0 aromatic heterocycles. The molecule has 3 saturated carbocycles. The number of carbonyl (C=O) groups excluding carboxylic acids is 4. The van der Waals surface area contributed by atoms with Crippen LogP contribution in [0.5, 0.6) is 0 Å². The molecule has 0 spiro atoms. The number of carbonyl (C=O) groups is 4. The zero-order valence-corrected chi connectivity index (χ0v) is 31.1. The third-order valence-electron chi connectivity index (χ3n) is 10.7. The van der Waals surface area contributed by atoms with E-state index in [1.165, 1.54) is 4.90 Å². The molecule has 284 valence electrons. The number of fused-ring (bicyclic) bond motifs is 2. The van der Waals surface area contributed by atoms with Gasteiger partial charge in [0.2, 0.25) is 21.8 Å². The molecule has 5 atom stereocenters. The normalized spacial score (nSPS) is 29.6. The van der Waals surface area contributed by atoms with Gasteiger partial charge in [0.25, 0.3) is 5.91 Å². The Kier molecular flexibility index (Phi) is 11.9. The van der Waals surface area contributed by atoms with E-state index in [4.69, 9.17) is 9.57 Å². The fourth-order valence-corrected chi connectivity index (χ4v) is 8.90. The van der Waals surface area contributed by atoms with Crippen LogP contribution in [0.25, 0.3) is 0 Å². The van der Waals surface area contributed by atoms with E-state index >= 15 is 0 Å². The van der Waals surface area contributed by atoms with Crippen LogP contribution >= 0.6 is 0 Å². The Morgan fingerprint density at radius 2 is 1.73 bits per heavy atom. The predicted molar refractivity (Wildman–Crippen MR) is 194 cm³/mol. The first-order valence-electron chi connectivity index (χ1n) is 19.1. The maximum Gasteiger partial charge on any atom is 0.408 e. The number of rotatable bonds is 10. The van der Waals surface area contributed by atoms with E-state index in [2.05, 4.69) is 34.4 Å². The summed E-state index contributed by atoms with van der Waals surface area (Å²) in [7, 11) is -3.87. The number of ether oxygens (including phenoxy) is 1. The van der Waals surface area contributed by atoms with Crippen molar-refractivity contribution in [3.8, 4) is 0 Å². The van der Waals surface area contributed by atoms with Gasteiger partial charge in [-0.3, -0.25) is 19.1 Å². The fraction of sp³-hybridized carbons (Fsp3) is 0.658. The summed E-state index contributed by atoms with van der Waals surface area (Å²) in [6.45, 7) is 4.19. The smallest absolute Gasteiger partial charge is 0.408 e. The number of amides is 4. The van der Waals surface area contributed by atoms with Crippen molar-refractivity contribution in [2.45, 2.75) is 139 Å². The summed E-state index contributed by atoms with van der Waals surface area (Å²) in [4.78, 5) is 63.0. The third-order valence-corrected chi connectivity index (χ3v) is 12.6. The Morgan fingerprint density at radius 3 is 2.44 bits per heavy atom. The van der Waals surface area contributed by atoms with Gasteiger partial charge in [-0.2, -0.15) is 0 Å². The number of hydrogen-bond acceptors (Lipinski definition) is 9. The molecule has 6 rings (SSSR count). The summed E-state index contributed by atoms with van der Waals surface area (Å²) in [6.07, 6.45) is 11.2. The molecule has 0 radical (unpaired) electrons. The van der Waals surface area contributed by atoms with Crippen molar-refractivity contribution in [1.82, 2.24) is 20.3 Å². The fourth-order valence-electron chi connectivity index (χ4n) is 7.54. The molecule has 2 heterocycles. The van der Waals surface area contributed by atoms with Crippen molar-refractivity contribution in [2.75, 3.05) is 6.54 Å². The van der Waals surface area contributed by atoms with E-state index < -0.39 is 68.7 Å². The largest absolute Gasteiger partial charge is 0.446 e. The molecule has 4 amide bonds. The zero-order valence-electron chi connectivity index (χ0n) is 30.3. The van der Waals surface area contributed by atoms with Crippen LogP contribution in [0.3, 0.4) is 0 Å². The van der Waals surface area contributed by atoms with Crippen molar-refractivity contribution < 1.29 is 37.2 Å². The lowest BCUT2D eigenvalue weighted by Crippen LogP contribution is -2.58. The Hall–Kier alpha value is -3.94. The van der Waals surface area contributed by atoms with Gasteiger partial charge in [-0.25, -0.2) is 13.2 Å². The molecular formula is C38H53N5O8S. The number of benzene rings is 1. The Bertz CT molecular complexity index is 1640. The van der Waals surface area contributed by atoms with Gasteiger partial charge in [0.15, 0.2) is 0 Å². The molecular weight excluding hydrogens is 687 g/mol. The molecule has 1 aromatic rings. The molecule has 2 aliphatic heterocycles. The lowest BCUT2D eigenvalue weighted by atomic mass is 10.0. The van der Waals surface area contributed by atoms with Crippen LogP contribution in [0.1, 0.15) is 109 Å². The number of allylic oxidation sites excluding steroid dienone is 1. The first-order valence-corrected chi connectivity index (χ1v) is 20.6. The molecule has 3 aliphatic carbocycles. The van der Waals surface area contributed by atoms with Crippen molar-refractivity contribution >= 4 is 39.5 Å². The van der Waals surface area contributed by atoms with Crippen molar-refractivity contribution in [3.05, 3.63) is 48.0 Å². The highest BCUT2D eigenvalue weighted by atomic mass is 32.2. The van der Waals surface area contributed by atoms with Crippen LogP contribution in [-0.2, 0) is 34.0 Å². The first-order chi connectivity index (χ1) is 24.9. The molecule has 4 fully saturated rings. The molecule has 1 unspecified atom stereocenters. The van der Waals surface area contributed by atoms with E-state index in [1.807, 2.05) is 42.5 Å². The summed E-state index contributed by atoms with van der Waals surface area (Å²) >= 11 is 0. The minimum Gasteiger partial charge on any atom is -0.446 e. The number of sulfonamides is 1. The van der Waals surface area contributed by atoms with Gasteiger partial charge < -0.3 is 25.1 Å². The molecule has 3 N–H and O–H groups in total. The molecule has 52 heavy (non-hydrogen) atoms. The van der Waals surface area contributed by atoms with Crippen molar-refractivity contribution in [2.24, 2.45) is 17.0 Å². The van der Waals surface area contributed by atoms with Gasteiger partial charge in [0.05, 0.1) is 17.5 Å². The maximum atomic E-state index is 14.4. The number of oxime groups is 1.